The number of pyridine rings is 1. The second-order valence-electron chi connectivity index (χ2n) is 7.38. The van der Waals surface area contributed by atoms with Crippen molar-refractivity contribution in [3.05, 3.63) is 70.5 Å². The summed E-state index contributed by atoms with van der Waals surface area (Å²) in [7, 11) is 0. The topological polar surface area (TPSA) is 68.1 Å². The van der Waals surface area contributed by atoms with E-state index in [1.165, 1.54) is 0 Å². The molecule has 2 aromatic heterocycles. The Labute approximate surface area is 170 Å². The van der Waals surface area contributed by atoms with Crippen molar-refractivity contribution in [3.63, 3.8) is 0 Å². The molecule has 0 bridgehead atoms. The molecule has 0 unspecified atom stereocenters. The number of hydrogen-bond donors (Lipinski definition) is 0. The molecule has 9 heteroatoms. The summed E-state index contributed by atoms with van der Waals surface area (Å²) in [6.45, 7) is 1.46. The van der Waals surface area contributed by atoms with Gasteiger partial charge in [0.05, 0.1) is 22.8 Å². The molecule has 0 radical (unpaired) electrons. The van der Waals surface area contributed by atoms with E-state index in [0.717, 1.165) is 18.3 Å². The van der Waals surface area contributed by atoms with Crippen LogP contribution in [-0.4, -0.2) is 38.4 Å². The zero-order chi connectivity index (χ0) is 21.3. The van der Waals surface area contributed by atoms with E-state index < -0.39 is 11.9 Å². The SMILES string of the molecule is O=C(c1ccc(C(F)(F)F)nc1)N1CCC(Cn2cnc3ccccc3c2=O)CC1. The van der Waals surface area contributed by atoms with Crippen molar-refractivity contribution in [3.8, 4) is 0 Å². The molecule has 0 atom stereocenters. The van der Waals surface area contributed by atoms with E-state index in [0.29, 0.717) is 43.4 Å². The summed E-state index contributed by atoms with van der Waals surface area (Å²) < 4.78 is 39.5. The smallest absolute Gasteiger partial charge is 0.339 e. The van der Waals surface area contributed by atoms with Crippen molar-refractivity contribution in [2.45, 2.75) is 25.6 Å². The van der Waals surface area contributed by atoms with Gasteiger partial charge in [-0.05, 0) is 43.0 Å². The average Bonchev–Trinajstić information content (AvgIpc) is 2.75. The summed E-state index contributed by atoms with van der Waals surface area (Å²) in [6.07, 6.45) is -0.624. The zero-order valence-corrected chi connectivity index (χ0v) is 16.0. The van der Waals surface area contributed by atoms with Crippen molar-refractivity contribution in [2.24, 2.45) is 5.92 Å². The van der Waals surface area contributed by atoms with Crippen LogP contribution in [0.3, 0.4) is 0 Å². The monoisotopic (exact) mass is 416 g/mol. The van der Waals surface area contributed by atoms with Gasteiger partial charge in [0.2, 0.25) is 0 Å². The number of rotatable bonds is 3. The van der Waals surface area contributed by atoms with E-state index in [9.17, 15) is 22.8 Å². The number of hydrogen-bond acceptors (Lipinski definition) is 4. The Hall–Kier alpha value is -3.23. The van der Waals surface area contributed by atoms with Crippen molar-refractivity contribution < 1.29 is 18.0 Å². The number of carbonyl (C=O) groups is 1. The molecule has 3 heterocycles. The van der Waals surface area contributed by atoms with Gasteiger partial charge in [0.1, 0.15) is 5.69 Å². The van der Waals surface area contributed by atoms with Crippen LogP contribution in [0.25, 0.3) is 10.9 Å². The predicted molar refractivity (Wildman–Crippen MR) is 104 cm³/mol. The summed E-state index contributed by atoms with van der Waals surface area (Å²) in [5.74, 6) is -0.125. The van der Waals surface area contributed by atoms with E-state index in [2.05, 4.69) is 9.97 Å². The number of halogens is 3. The normalized spacial score (nSPS) is 15.5. The lowest BCUT2D eigenvalue weighted by Crippen LogP contribution is -2.40. The number of likely N-dealkylation sites (tertiary alicyclic amines) is 1. The van der Waals surface area contributed by atoms with Crippen LogP contribution in [0.2, 0.25) is 0 Å². The summed E-state index contributed by atoms with van der Waals surface area (Å²) >= 11 is 0. The van der Waals surface area contributed by atoms with E-state index in [1.54, 1.807) is 34.0 Å². The van der Waals surface area contributed by atoms with Gasteiger partial charge in [-0.15, -0.1) is 0 Å². The predicted octanol–water partition coefficient (Wildman–Crippen LogP) is 3.36. The van der Waals surface area contributed by atoms with Crippen LogP contribution in [0.5, 0.6) is 0 Å². The van der Waals surface area contributed by atoms with Crippen LogP contribution in [0.4, 0.5) is 13.2 Å². The Morgan fingerprint density at radius 1 is 1.07 bits per heavy atom. The van der Waals surface area contributed by atoms with Crippen molar-refractivity contribution >= 4 is 16.8 Å². The third-order valence-electron chi connectivity index (χ3n) is 5.39. The van der Waals surface area contributed by atoms with Crippen molar-refractivity contribution in [1.82, 2.24) is 19.4 Å². The third-order valence-corrected chi connectivity index (χ3v) is 5.39. The first kappa shape index (κ1) is 20.1. The molecule has 1 aromatic carbocycles. The molecule has 0 spiro atoms. The summed E-state index contributed by atoms with van der Waals surface area (Å²) in [5.41, 5.74) is -0.317. The fraction of sp³-hybridized carbons (Fsp3) is 0.333. The number of piperidine rings is 1. The Bertz CT molecular complexity index is 1120. The molecule has 1 fully saturated rings. The van der Waals surface area contributed by atoms with Crippen LogP contribution in [0.1, 0.15) is 28.9 Å². The third kappa shape index (κ3) is 4.05. The molecule has 4 rings (SSSR count). The lowest BCUT2D eigenvalue weighted by atomic mass is 9.96. The number of para-hydroxylation sites is 1. The summed E-state index contributed by atoms with van der Waals surface area (Å²) in [5, 5.41) is 0.572. The highest BCUT2D eigenvalue weighted by Gasteiger charge is 2.32. The van der Waals surface area contributed by atoms with Gasteiger partial charge in [-0.1, -0.05) is 12.1 Å². The quantitative estimate of drug-likeness (QED) is 0.657. The number of fused-ring (bicyclic) bond motifs is 1. The van der Waals surface area contributed by atoms with E-state index in [1.807, 2.05) is 6.07 Å². The van der Waals surface area contributed by atoms with Gasteiger partial charge in [0.15, 0.2) is 0 Å². The fourth-order valence-corrected chi connectivity index (χ4v) is 3.70. The fourth-order valence-electron chi connectivity index (χ4n) is 3.70. The van der Waals surface area contributed by atoms with Crippen LogP contribution in [0, 0.1) is 5.92 Å². The van der Waals surface area contributed by atoms with Crippen molar-refractivity contribution in [1.29, 1.82) is 0 Å². The second-order valence-corrected chi connectivity index (χ2v) is 7.38. The van der Waals surface area contributed by atoms with Gasteiger partial charge in [-0.25, -0.2) is 4.98 Å². The van der Waals surface area contributed by atoms with Gasteiger partial charge < -0.3 is 4.90 Å². The molecule has 1 aliphatic rings. The van der Waals surface area contributed by atoms with E-state index in [4.69, 9.17) is 0 Å². The first-order valence-electron chi connectivity index (χ1n) is 9.59. The van der Waals surface area contributed by atoms with Gasteiger partial charge in [-0.2, -0.15) is 13.2 Å². The minimum Gasteiger partial charge on any atom is -0.339 e. The maximum Gasteiger partial charge on any atom is 0.433 e. The van der Waals surface area contributed by atoms with Gasteiger partial charge >= 0.3 is 6.18 Å². The molecule has 1 saturated heterocycles. The van der Waals surface area contributed by atoms with Gasteiger partial charge in [-0.3, -0.25) is 19.1 Å². The molecular weight excluding hydrogens is 397 g/mol. The van der Waals surface area contributed by atoms with Crippen LogP contribution >= 0.6 is 0 Å². The molecule has 3 aromatic rings. The Kier molecular flexibility index (Phi) is 5.27. The average molecular weight is 416 g/mol. The van der Waals surface area contributed by atoms with E-state index in [-0.39, 0.29) is 22.9 Å². The molecule has 1 aliphatic heterocycles. The lowest BCUT2D eigenvalue weighted by molar-refractivity contribution is -0.141. The minimum atomic E-state index is -4.53. The van der Waals surface area contributed by atoms with Crippen LogP contribution < -0.4 is 5.56 Å². The highest BCUT2D eigenvalue weighted by Crippen LogP contribution is 2.27. The van der Waals surface area contributed by atoms with Gasteiger partial charge in [0.25, 0.3) is 11.5 Å². The highest BCUT2D eigenvalue weighted by molar-refractivity contribution is 5.94. The first-order valence-corrected chi connectivity index (χ1v) is 9.59. The zero-order valence-electron chi connectivity index (χ0n) is 16.0. The molecule has 0 saturated carbocycles. The highest BCUT2D eigenvalue weighted by atomic mass is 19.4. The number of nitrogens with zero attached hydrogens (tertiary/aromatic N) is 4. The molecule has 156 valence electrons. The molecule has 6 nitrogen and oxygen atoms in total. The minimum absolute atomic E-state index is 0.0880. The number of alkyl halides is 3. The Morgan fingerprint density at radius 2 is 1.80 bits per heavy atom. The number of carbonyl (C=O) groups excluding carboxylic acids is 1. The molecule has 0 aliphatic carbocycles. The second kappa shape index (κ2) is 7.89. The van der Waals surface area contributed by atoms with Gasteiger partial charge in [0, 0.05) is 25.8 Å². The largest absolute Gasteiger partial charge is 0.433 e. The molecule has 0 N–H and O–H groups in total. The maximum absolute atomic E-state index is 12.6. The Balaban J connectivity index is 1.39. The Morgan fingerprint density at radius 3 is 2.47 bits per heavy atom. The van der Waals surface area contributed by atoms with Crippen LogP contribution in [-0.2, 0) is 12.7 Å². The number of benzene rings is 1. The number of amides is 1. The molecule has 1 amide bonds. The first-order chi connectivity index (χ1) is 14.3. The van der Waals surface area contributed by atoms with Crippen molar-refractivity contribution in [2.75, 3.05) is 13.1 Å². The summed E-state index contributed by atoms with van der Waals surface area (Å²) in [4.78, 5) is 34.5. The van der Waals surface area contributed by atoms with E-state index >= 15 is 0 Å². The number of aromatic nitrogens is 3. The van der Waals surface area contributed by atoms with Crippen LogP contribution in [0.15, 0.2) is 53.7 Å². The summed E-state index contributed by atoms with van der Waals surface area (Å²) in [6, 6.07) is 9.15. The lowest BCUT2D eigenvalue weighted by Gasteiger charge is -2.32. The maximum atomic E-state index is 12.6. The molecular formula is C21H19F3N4O2. The molecule has 30 heavy (non-hydrogen) atoms. The standard InChI is InChI=1S/C21H19F3N4O2/c22-21(23,24)18-6-5-15(11-25-18)19(29)27-9-7-14(8-10-27)12-28-13-26-17-4-2-1-3-16(17)20(28)30/h1-6,11,13-14H,7-10,12H2.